The van der Waals surface area contributed by atoms with Gasteiger partial charge in [0.05, 0.1) is 12.6 Å². The lowest BCUT2D eigenvalue weighted by atomic mass is 10.2. The van der Waals surface area contributed by atoms with E-state index < -0.39 is 0 Å². The summed E-state index contributed by atoms with van der Waals surface area (Å²) in [6.07, 6.45) is 9.42. The first-order valence-corrected chi connectivity index (χ1v) is 9.08. The van der Waals surface area contributed by atoms with Gasteiger partial charge in [-0.15, -0.1) is 0 Å². The van der Waals surface area contributed by atoms with Crippen LogP contribution in [0.4, 0.5) is 0 Å². The van der Waals surface area contributed by atoms with Gasteiger partial charge in [0.15, 0.2) is 5.82 Å². The van der Waals surface area contributed by atoms with Gasteiger partial charge in [0, 0.05) is 19.0 Å². The smallest absolute Gasteiger partial charge is 0.237 e. The summed E-state index contributed by atoms with van der Waals surface area (Å²) >= 11 is 0. The van der Waals surface area contributed by atoms with E-state index in [9.17, 15) is 4.79 Å². The van der Waals surface area contributed by atoms with Gasteiger partial charge in [0.1, 0.15) is 0 Å². The molecule has 2 aliphatic carbocycles. The maximum absolute atomic E-state index is 13.0. The van der Waals surface area contributed by atoms with Crippen LogP contribution in [0.15, 0.2) is 4.52 Å². The van der Waals surface area contributed by atoms with Crippen molar-refractivity contribution in [1.82, 2.24) is 19.9 Å². The molecule has 1 saturated heterocycles. The fourth-order valence-electron chi connectivity index (χ4n) is 4.25. The lowest BCUT2D eigenvalue weighted by molar-refractivity contribution is -0.135. The highest BCUT2D eigenvalue weighted by Crippen LogP contribution is 2.36. The molecule has 23 heavy (non-hydrogen) atoms. The lowest BCUT2D eigenvalue weighted by Gasteiger charge is -2.32. The molecular weight excluding hydrogens is 292 g/mol. The number of nitrogens with zero attached hydrogens (tertiary/aromatic N) is 4. The molecule has 126 valence electrons. The van der Waals surface area contributed by atoms with Crippen LogP contribution < -0.4 is 0 Å². The molecule has 3 fully saturated rings. The number of carbonyl (C=O) groups excluding carboxylic acids is 1. The van der Waals surface area contributed by atoms with Crippen LogP contribution in [0.25, 0.3) is 0 Å². The molecule has 0 spiro atoms. The Labute approximate surface area is 137 Å². The van der Waals surface area contributed by atoms with Crippen molar-refractivity contribution in [3.63, 3.8) is 0 Å². The molecule has 1 aromatic rings. The number of hydrogen-bond acceptors (Lipinski definition) is 5. The number of carbonyl (C=O) groups is 1. The average Bonchev–Trinajstić information content (AvgIpc) is 2.95. The Bertz CT molecular complexity index is 563. The Balaban J connectivity index is 1.44. The summed E-state index contributed by atoms with van der Waals surface area (Å²) < 4.78 is 5.12. The highest BCUT2D eigenvalue weighted by molar-refractivity contribution is 5.79. The summed E-state index contributed by atoms with van der Waals surface area (Å²) in [5.41, 5.74) is 0. The van der Waals surface area contributed by atoms with Crippen molar-refractivity contribution in [3.05, 3.63) is 11.7 Å². The van der Waals surface area contributed by atoms with Gasteiger partial charge in [-0.3, -0.25) is 9.69 Å². The van der Waals surface area contributed by atoms with Crippen molar-refractivity contribution in [1.29, 1.82) is 0 Å². The van der Waals surface area contributed by atoms with Gasteiger partial charge < -0.3 is 9.42 Å². The third-order valence-electron chi connectivity index (χ3n) is 5.49. The van der Waals surface area contributed by atoms with Gasteiger partial charge >= 0.3 is 0 Å². The predicted octanol–water partition coefficient (Wildman–Crippen LogP) is 2.45. The molecule has 0 N–H and O–H groups in total. The molecule has 0 aromatic carbocycles. The lowest BCUT2D eigenvalue weighted by Crippen LogP contribution is -2.46. The van der Waals surface area contributed by atoms with Gasteiger partial charge in [-0.25, -0.2) is 0 Å². The second-order valence-corrected chi connectivity index (χ2v) is 7.27. The number of hydrogen-bond donors (Lipinski definition) is 0. The van der Waals surface area contributed by atoms with Crippen LogP contribution in [0.3, 0.4) is 0 Å². The Kier molecular flexibility index (Phi) is 4.09. The van der Waals surface area contributed by atoms with E-state index in [0.717, 1.165) is 25.2 Å². The first-order valence-electron chi connectivity index (χ1n) is 9.08. The van der Waals surface area contributed by atoms with E-state index in [4.69, 9.17) is 4.52 Å². The molecule has 1 atom stereocenters. The number of aromatic nitrogens is 2. The van der Waals surface area contributed by atoms with E-state index in [-0.39, 0.29) is 6.04 Å². The Morgan fingerprint density at radius 1 is 1.17 bits per heavy atom. The van der Waals surface area contributed by atoms with Crippen LogP contribution in [-0.4, -0.2) is 51.0 Å². The minimum Gasteiger partial charge on any atom is -0.340 e. The monoisotopic (exact) mass is 318 g/mol. The van der Waals surface area contributed by atoms with Gasteiger partial charge in [0.25, 0.3) is 0 Å². The molecule has 6 heteroatoms. The van der Waals surface area contributed by atoms with E-state index in [1.807, 2.05) is 6.92 Å². The number of amides is 1. The molecule has 1 amide bonds. The number of aryl methyl sites for hydroxylation is 1. The maximum Gasteiger partial charge on any atom is 0.237 e. The van der Waals surface area contributed by atoms with E-state index >= 15 is 0 Å². The summed E-state index contributed by atoms with van der Waals surface area (Å²) in [6, 6.07) is 1.14. The van der Waals surface area contributed by atoms with Gasteiger partial charge in [0.2, 0.25) is 11.8 Å². The second kappa shape index (κ2) is 6.23. The topological polar surface area (TPSA) is 62.5 Å². The molecule has 0 unspecified atom stereocenters. The molecule has 1 aliphatic heterocycles. The summed E-state index contributed by atoms with van der Waals surface area (Å²) in [6.45, 7) is 3.27. The van der Waals surface area contributed by atoms with Crippen molar-refractivity contribution < 1.29 is 9.32 Å². The van der Waals surface area contributed by atoms with Crippen molar-refractivity contribution in [2.45, 2.75) is 76.4 Å². The maximum atomic E-state index is 13.0. The molecular formula is C17H26N4O2. The third kappa shape index (κ3) is 3.13. The van der Waals surface area contributed by atoms with Crippen molar-refractivity contribution >= 4 is 5.91 Å². The van der Waals surface area contributed by atoms with Crippen LogP contribution in [0.2, 0.25) is 0 Å². The fourth-order valence-corrected chi connectivity index (χ4v) is 4.25. The molecule has 3 aliphatic rings. The zero-order chi connectivity index (χ0) is 15.8. The van der Waals surface area contributed by atoms with E-state index in [2.05, 4.69) is 19.9 Å². The summed E-state index contributed by atoms with van der Waals surface area (Å²) in [5.74, 6) is 1.65. The van der Waals surface area contributed by atoms with Gasteiger partial charge in [-0.05, 0) is 45.1 Å². The number of likely N-dealkylation sites (tertiary alicyclic amines) is 1. The molecule has 0 bridgehead atoms. The molecule has 4 rings (SSSR count). The Morgan fingerprint density at radius 3 is 2.57 bits per heavy atom. The second-order valence-electron chi connectivity index (χ2n) is 7.27. The van der Waals surface area contributed by atoms with Gasteiger partial charge in [-0.1, -0.05) is 18.0 Å². The van der Waals surface area contributed by atoms with Gasteiger partial charge in [-0.2, -0.15) is 4.98 Å². The zero-order valence-corrected chi connectivity index (χ0v) is 13.9. The quantitative estimate of drug-likeness (QED) is 0.834. The fraction of sp³-hybridized carbons (Fsp3) is 0.824. The first-order chi connectivity index (χ1) is 11.2. The summed E-state index contributed by atoms with van der Waals surface area (Å²) in [4.78, 5) is 21.8. The standard InChI is InChI=1S/C17H26N4O2/c1-12-18-17(19-23-12)15-7-4-10-20(15)11-16(22)21(14-8-9-14)13-5-2-3-6-13/h13-15H,2-11H2,1H3/t15-/m0/s1. The van der Waals surface area contributed by atoms with Crippen LogP contribution in [-0.2, 0) is 4.79 Å². The van der Waals surface area contributed by atoms with Crippen LogP contribution in [0.1, 0.15) is 69.1 Å². The van der Waals surface area contributed by atoms with E-state index in [1.54, 1.807) is 0 Å². The highest BCUT2D eigenvalue weighted by Gasteiger charge is 2.40. The molecule has 2 saturated carbocycles. The first kappa shape index (κ1) is 15.1. The Morgan fingerprint density at radius 2 is 1.91 bits per heavy atom. The van der Waals surface area contributed by atoms with Crippen molar-refractivity contribution in [2.75, 3.05) is 13.1 Å². The van der Waals surface area contributed by atoms with E-state index in [1.165, 1.54) is 38.5 Å². The molecule has 2 heterocycles. The number of rotatable bonds is 5. The van der Waals surface area contributed by atoms with Crippen LogP contribution in [0, 0.1) is 6.92 Å². The summed E-state index contributed by atoms with van der Waals surface area (Å²) in [5, 5.41) is 4.07. The normalized spacial score (nSPS) is 26.0. The molecule has 1 aromatic heterocycles. The SMILES string of the molecule is Cc1nc([C@@H]2CCCN2CC(=O)N(C2CCCC2)C2CC2)no1. The largest absolute Gasteiger partial charge is 0.340 e. The predicted molar refractivity (Wildman–Crippen MR) is 84.7 cm³/mol. The summed E-state index contributed by atoms with van der Waals surface area (Å²) in [7, 11) is 0. The minimum atomic E-state index is 0.140. The minimum absolute atomic E-state index is 0.140. The zero-order valence-electron chi connectivity index (χ0n) is 13.9. The van der Waals surface area contributed by atoms with Crippen molar-refractivity contribution in [3.8, 4) is 0 Å². The van der Waals surface area contributed by atoms with Crippen molar-refractivity contribution in [2.24, 2.45) is 0 Å². The third-order valence-corrected chi connectivity index (χ3v) is 5.49. The molecule has 0 radical (unpaired) electrons. The van der Waals surface area contributed by atoms with Crippen LogP contribution in [0.5, 0.6) is 0 Å². The highest BCUT2D eigenvalue weighted by atomic mass is 16.5. The molecule has 6 nitrogen and oxygen atoms in total. The average molecular weight is 318 g/mol. The van der Waals surface area contributed by atoms with Crippen LogP contribution >= 0.6 is 0 Å². The Hall–Kier alpha value is -1.43. The van der Waals surface area contributed by atoms with E-state index in [0.29, 0.717) is 30.4 Å².